The van der Waals surface area contributed by atoms with Gasteiger partial charge in [0.25, 0.3) is 0 Å². The number of ether oxygens (including phenoxy) is 1. The molecule has 0 bridgehead atoms. The molecule has 4 nitrogen and oxygen atoms in total. The summed E-state index contributed by atoms with van der Waals surface area (Å²) in [6.07, 6.45) is 1.95. The van der Waals surface area contributed by atoms with Gasteiger partial charge in [-0.05, 0) is 30.5 Å². The van der Waals surface area contributed by atoms with Crippen LogP contribution in [-0.4, -0.2) is 13.1 Å². The molecule has 0 fully saturated rings. The predicted octanol–water partition coefficient (Wildman–Crippen LogP) is 3.30. The fraction of sp³-hybridized carbons (Fsp3) is 0.357. The van der Waals surface area contributed by atoms with Gasteiger partial charge >= 0.3 is 5.97 Å². The number of nitrogens with one attached hydrogen (secondary N) is 1. The van der Waals surface area contributed by atoms with E-state index in [9.17, 15) is 4.79 Å². The standard InChI is InChI=1S/C14H17NO3S/c1-10(12-5-3-7-18-12)15-11(9-14(16)17-2)13-6-4-8-19-13/h3-8,10-11,15H,9H2,1-2H3. The maximum atomic E-state index is 11.5. The zero-order chi connectivity index (χ0) is 13.7. The highest BCUT2D eigenvalue weighted by Gasteiger charge is 2.21. The molecule has 1 N–H and O–H groups in total. The number of rotatable bonds is 6. The monoisotopic (exact) mass is 279 g/mol. The van der Waals surface area contributed by atoms with Crippen LogP contribution >= 0.6 is 11.3 Å². The number of carbonyl (C=O) groups is 1. The Balaban J connectivity index is 2.07. The molecule has 0 saturated carbocycles. The first-order chi connectivity index (χ1) is 9.20. The summed E-state index contributed by atoms with van der Waals surface area (Å²) in [6, 6.07) is 7.73. The molecule has 0 aliphatic carbocycles. The molecule has 0 aromatic carbocycles. The van der Waals surface area contributed by atoms with Crippen molar-refractivity contribution < 1.29 is 13.9 Å². The molecule has 2 heterocycles. The van der Waals surface area contributed by atoms with Gasteiger partial charge in [0.2, 0.25) is 0 Å². The number of furan rings is 1. The first kappa shape index (κ1) is 13.8. The van der Waals surface area contributed by atoms with Crippen molar-refractivity contribution in [2.24, 2.45) is 0 Å². The van der Waals surface area contributed by atoms with Gasteiger partial charge in [0.05, 0.1) is 31.9 Å². The van der Waals surface area contributed by atoms with E-state index in [2.05, 4.69) is 5.32 Å². The van der Waals surface area contributed by atoms with Crippen LogP contribution in [-0.2, 0) is 9.53 Å². The Hall–Kier alpha value is -1.59. The van der Waals surface area contributed by atoms with Gasteiger partial charge in [0, 0.05) is 4.88 Å². The van der Waals surface area contributed by atoms with Crippen LogP contribution < -0.4 is 5.32 Å². The number of methoxy groups -OCH3 is 1. The maximum absolute atomic E-state index is 11.5. The number of esters is 1. The Kier molecular flexibility index (Phi) is 4.76. The molecular formula is C14H17NO3S. The topological polar surface area (TPSA) is 51.5 Å². The quantitative estimate of drug-likeness (QED) is 0.824. The Morgan fingerprint density at radius 1 is 1.47 bits per heavy atom. The molecule has 0 saturated heterocycles. The van der Waals surface area contributed by atoms with Crippen molar-refractivity contribution in [2.45, 2.75) is 25.4 Å². The van der Waals surface area contributed by atoms with Crippen LogP contribution in [0.3, 0.4) is 0 Å². The molecule has 5 heteroatoms. The van der Waals surface area contributed by atoms with Gasteiger partial charge in [0.1, 0.15) is 5.76 Å². The summed E-state index contributed by atoms with van der Waals surface area (Å²) in [7, 11) is 1.41. The van der Waals surface area contributed by atoms with Crippen molar-refractivity contribution in [3.8, 4) is 0 Å². The fourth-order valence-corrected chi connectivity index (χ4v) is 2.69. The third kappa shape index (κ3) is 3.68. The van der Waals surface area contributed by atoms with Gasteiger partial charge in [0.15, 0.2) is 0 Å². The Bertz CT molecular complexity index is 493. The van der Waals surface area contributed by atoms with Crippen LogP contribution in [0.5, 0.6) is 0 Å². The van der Waals surface area contributed by atoms with Gasteiger partial charge in [-0.25, -0.2) is 0 Å². The number of thiophene rings is 1. The average molecular weight is 279 g/mol. The van der Waals surface area contributed by atoms with E-state index in [-0.39, 0.29) is 18.1 Å². The summed E-state index contributed by atoms with van der Waals surface area (Å²) in [5.74, 6) is 0.629. The molecule has 2 aromatic heterocycles. The van der Waals surface area contributed by atoms with E-state index in [1.807, 2.05) is 36.6 Å². The molecular weight excluding hydrogens is 262 g/mol. The molecule has 2 rings (SSSR count). The van der Waals surface area contributed by atoms with Crippen molar-refractivity contribution in [3.63, 3.8) is 0 Å². The van der Waals surface area contributed by atoms with E-state index in [0.29, 0.717) is 6.42 Å². The van der Waals surface area contributed by atoms with E-state index in [1.165, 1.54) is 7.11 Å². The normalized spacial score (nSPS) is 14.0. The predicted molar refractivity (Wildman–Crippen MR) is 74.0 cm³/mol. The van der Waals surface area contributed by atoms with E-state index < -0.39 is 0 Å². The van der Waals surface area contributed by atoms with E-state index >= 15 is 0 Å². The minimum atomic E-state index is -0.224. The molecule has 2 aromatic rings. The number of carbonyl (C=O) groups excluding carboxylic acids is 1. The lowest BCUT2D eigenvalue weighted by Gasteiger charge is -2.20. The SMILES string of the molecule is COC(=O)CC(NC(C)c1ccco1)c1cccs1. The second-order valence-electron chi connectivity index (χ2n) is 4.25. The van der Waals surface area contributed by atoms with Gasteiger partial charge < -0.3 is 9.15 Å². The summed E-state index contributed by atoms with van der Waals surface area (Å²) in [5, 5.41) is 5.40. The highest BCUT2D eigenvalue weighted by molar-refractivity contribution is 7.10. The molecule has 0 amide bonds. The first-order valence-electron chi connectivity index (χ1n) is 6.10. The van der Waals surface area contributed by atoms with E-state index in [4.69, 9.17) is 9.15 Å². The van der Waals surface area contributed by atoms with Crippen LogP contribution in [0.15, 0.2) is 40.3 Å². The lowest BCUT2D eigenvalue weighted by molar-refractivity contribution is -0.141. The van der Waals surface area contributed by atoms with E-state index in [0.717, 1.165) is 10.6 Å². The van der Waals surface area contributed by atoms with Crippen LogP contribution in [0.4, 0.5) is 0 Å². The molecule has 0 aliphatic heterocycles. The minimum Gasteiger partial charge on any atom is -0.469 e. The molecule has 2 atom stereocenters. The maximum Gasteiger partial charge on any atom is 0.307 e. The van der Waals surface area contributed by atoms with Gasteiger partial charge in [-0.2, -0.15) is 0 Å². The van der Waals surface area contributed by atoms with Crippen LogP contribution in [0.25, 0.3) is 0 Å². The summed E-state index contributed by atoms with van der Waals surface area (Å²) in [5.41, 5.74) is 0. The molecule has 2 unspecified atom stereocenters. The lowest BCUT2D eigenvalue weighted by Crippen LogP contribution is -2.26. The fourth-order valence-electron chi connectivity index (χ4n) is 1.90. The van der Waals surface area contributed by atoms with Crippen molar-refractivity contribution in [2.75, 3.05) is 7.11 Å². The summed E-state index contributed by atoms with van der Waals surface area (Å²) in [4.78, 5) is 12.6. The zero-order valence-corrected chi connectivity index (χ0v) is 11.8. The summed E-state index contributed by atoms with van der Waals surface area (Å²) in [6.45, 7) is 2.01. The molecule has 0 aliphatic rings. The average Bonchev–Trinajstić information content (AvgIpc) is 3.10. The zero-order valence-electron chi connectivity index (χ0n) is 11.0. The van der Waals surface area contributed by atoms with Crippen LogP contribution in [0.1, 0.15) is 36.1 Å². The summed E-state index contributed by atoms with van der Waals surface area (Å²) >= 11 is 1.62. The van der Waals surface area contributed by atoms with Crippen molar-refractivity contribution in [1.82, 2.24) is 5.32 Å². The van der Waals surface area contributed by atoms with E-state index in [1.54, 1.807) is 17.6 Å². The largest absolute Gasteiger partial charge is 0.469 e. The third-order valence-electron chi connectivity index (χ3n) is 2.91. The Morgan fingerprint density at radius 3 is 2.89 bits per heavy atom. The lowest BCUT2D eigenvalue weighted by atomic mass is 10.1. The second kappa shape index (κ2) is 6.54. The van der Waals surface area contributed by atoms with Crippen molar-refractivity contribution in [3.05, 3.63) is 46.5 Å². The number of hydrogen-bond acceptors (Lipinski definition) is 5. The Labute approximate surface area is 116 Å². The van der Waals surface area contributed by atoms with Crippen LogP contribution in [0, 0.1) is 0 Å². The Morgan fingerprint density at radius 2 is 2.32 bits per heavy atom. The molecule has 0 spiro atoms. The summed E-state index contributed by atoms with van der Waals surface area (Å²) < 4.78 is 10.1. The smallest absolute Gasteiger partial charge is 0.307 e. The molecule has 19 heavy (non-hydrogen) atoms. The second-order valence-corrected chi connectivity index (χ2v) is 5.23. The highest BCUT2D eigenvalue weighted by Crippen LogP contribution is 2.26. The first-order valence-corrected chi connectivity index (χ1v) is 6.98. The van der Waals surface area contributed by atoms with Gasteiger partial charge in [-0.3, -0.25) is 10.1 Å². The van der Waals surface area contributed by atoms with Crippen molar-refractivity contribution >= 4 is 17.3 Å². The third-order valence-corrected chi connectivity index (χ3v) is 3.89. The van der Waals surface area contributed by atoms with Gasteiger partial charge in [-0.1, -0.05) is 6.07 Å². The number of hydrogen-bond donors (Lipinski definition) is 1. The van der Waals surface area contributed by atoms with Crippen molar-refractivity contribution in [1.29, 1.82) is 0 Å². The minimum absolute atomic E-state index is 0.0340. The molecule has 0 radical (unpaired) electrons. The van der Waals surface area contributed by atoms with Crippen LogP contribution in [0.2, 0.25) is 0 Å². The molecule has 102 valence electrons. The van der Waals surface area contributed by atoms with Gasteiger partial charge in [-0.15, -0.1) is 11.3 Å². The highest BCUT2D eigenvalue weighted by atomic mass is 32.1.